The van der Waals surface area contributed by atoms with Crippen molar-refractivity contribution in [2.75, 3.05) is 42.9 Å². The average Bonchev–Trinajstić information content (AvgIpc) is 2.66. The number of carbonyl (C=O) groups excluding carboxylic acids is 1. The van der Waals surface area contributed by atoms with Gasteiger partial charge in [-0.3, -0.25) is 9.69 Å². The van der Waals surface area contributed by atoms with Crippen molar-refractivity contribution in [2.24, 2.45) is 0 Å². The molecule has 7 nitrogen and oxygen atoms in total. The van der Waals surface area contributed by atoms with E-state index in [-0.39, 0.29) is 5.91 Å². The van der Waals surface area contributed by atoms with Crippen LogP contribution < -0.4 is 10.2 Å². The van der Waals surface area contributed by atoms with Crippen molar-refractivity contribution < 1.29 is 4.79 Å². The van der Waals surface area contributed by atoms with Crippen molar-refractivity contribution in [3.8, 4) is 6.07 Å². The summed E-state index contributed by atoms with van der Waals surface area (Å²) in [6, 6.07) is 11.4. The fourth-order valence-electron chi connectivity index (χ4n) is 3.08. The van der Waals surface area contributed by atoms with Gasteiger partial charge in [-0.2, -0.15) is 5.26 Å². The molecule has 1 aromatic carbocycles. The second-order valence-corrected chi connectivity index (χ2v) is 6.47. The molecule has 1 fully saturated rings. The number of piperazine rings is 1. The SMILES string of the molecule is Cc1cccc(C)c1NC(=O)CN1CCN(c2ccc(C#N)nn2)CC1. The first-order valence-corrected chi connectivity index (χ1v) is 8.64. The minimum absolute atomic E-state index is 0.00835. The van der Waals surface area contributed by atoms with Gasteiger partial charge in [0.1, 0.15) is 6.07 Å². The molecule has 0 atom stereocenters. The summed E-state index contributed by atoms with van der Waals surface area (Å²) in [5, 5.41) is 19.8. The van der Waals surface area contributed by atoms with Crippen LogP contribution in [0.4, 0.5) is 11.5 Å². The zero-order chi connectivity index (χ0) is 18.5. The highest BCUT2D eigenvalue weighted by molar-refractivity contribution is 5.93. The quantitative estimate of drug-likeness (QED) is 0.904. The van der Waals surface area contributed by atoms with E-state index in [1.54, 1.807) is 6.07 Å². The number of rotatable bonds is 4. The molecule has 7 heteroatoms. The second-order valence-electron chi connectivity index (χ2n) is 6.47. The molecule has 0 spiro atoms. The highest BCUT2D eigenvalue weighted by Gasteiger charge is 2.20. The third kappa shape index (κ3) is 4.16. The monoisotopic (exact) mass is 350 g/mol. The van der Waals surface area contributed by atoms with Gasteiger partial charge in [-0.05, 0) is 37.1 Å². The number of anilines is 2. The summed E-state index contributed by atoms with van der Waals surface area (Å²) in [5.41, 5.74) is 3.37. The molecule has 134 valence electrons. The van der Waals surface area contributed by atoms with Gasteiger partial charge in [0, 0.05) is 31.9 Å². The maximum Gasteiger partial charge on any atom is 0.238 e. The number of aromatic nitrogens is 2. The minimum atomic E-state index is 0.00835. The third-order valence-electron chi connectivity index (χ3n) is 4.57. The van der Waals surface area contributed by atoms with Crippen molar-refractivity contribution in [1.29, 1.82) is 5.26 Å². The van der Waals surface area contributed by atoms with Gasteiger partial charge in [0.2, 0.25) is 5.91 Å². The normalized spacial score (nSPS) is 14.7. The Morgan fingerprint density at radius 3 is 2.38 bits per heavy atom. The fourth-order valence-corrected chi connectivity index (χ4v) is 3.08. The average molecular weight is 350 g/mol. The highest BCUT2D eigenvalue weighted by atomic mass is 16.2. The van der Waals surface area contributed by atoms with Crippen LogP contribution in [0.25, 0.3) is 0 Å². The molecule has 0 aliphatic carbocycles. The molecule has 1 aliphatic heterocycles. The molecule has 1 aliphatic rings. The molecule has 0 unspecified atom stereocenters. The van der Waals surface area contributed by atoms with Crippen LogP contribution in [0.1, 0.15) is 16.8 Å². The van der Waals surface area contributed by atoms with E-state index in [1.165, 1.54) is 0 Å². The lowest BCUT2D eigenvalue weighted by Gasteiger charge is -2.34. The van der Waals surface area contributed by atoms with E-state index in [0.717, 1.165) is 48.8 Å². The lowest BCUT2D eigenvalue weighted by Crippen LogP contribution is -2.49. The third-order valence-corrected chi connectivity index (χ3v) is 4.57. The van der Waals surface area contributed by atoms with Crippen molar-refractivity contribution in [3.63, 3.8) is 0 Å². The van der Waals surface area contributed by atoms with Gasteiger partial charge >= 0.3 is 0 Å². The lowest BCUT2D eigenvalue weighted by molar-refractivity contribution is -0.117. The fraction of sp³-hybridized carbons (Fsp3) is 0.368. The highest BCUT2D eigenvalue weighted by Crippen LogP contribution is 2.19. The van der Waals surface area contributed by atoms with Crippen LogP contribution in [0.2, 0.25) is 0 Å². The zero-order valence-corrected chi connectivity index (χ0v) is 15.1. The van der Waals surface area contributed by atoms with Gasteiger partial charge in [0.05, 0.1) is 6.54 Å². The summed E-state index contributed by atoms with van der Waals surface area (Å²) < 4.78 is 0. The van der Waals surface area contributed by atoms with Gasteiger partial charge in [0.25, 0.3) is 0 Å². The van der Waals surface area contributed by atoms with Crippen molar-refractivity contribution in [1.82, 2.24) is 15.1 Å². The van der Waals surface area contributed by atoms with E-state index in [9.17, 15) is 4.79 Å². The molecule has 1 N–H and O–H groups in total. The number of amides is 1. The molecule has 2 heterocycles. The van der Waals surface area contributed by atoms with E-state index in [1.807, 2.05) is 44.2 Å². The van der Waals surface area contributed by atoms with E-state index in [0.29, 0.717) is 12.2 Å². The Morgan fingerprint density at radius 2 is 1.81 bits per heavy atom. The number of nitrogens with zero attached hydrogens (tertiary/aromatic N) is 5. The summed E-state index contributed by atoms with van der Waals surface area (Å²) in [4.78, 5) is 16.6. The lowest BCUT2D eigenvalue weighted by atomic mass is 10.1. The summed E-state index contributed by atoms with van der Waals surface area (Å²) >= 11 is 0. The van der Waals surface area contributed by atoms with Crippen molar-refractivity contribution >= 4 is 17.4 Å². The minimum Gasteiger partial charge on any atom is -0.353 e. The van der Waals surface area contributed by atoms with Crippen LogP contribution in [0.3, 0.4) is 0 Å². The smallest absolute Gasteiger partial charge is 0.238 e. The molecule has 26 heavy (non-hydrogen) atoms. The van der Waals surface area contributed by atoms with Crippen LogP contribution in [-0.4, -0.2) is 53.7 Å². The van der Waals surface area contributed by atoms with Gasteiger partial charge in [-0.1, -0.05) is 18.2 Å². The molecular formula is C19H22N6O. The van der Waals surface area contributed by atoms with Crippen LogP contribution in [0.5, 0.6) is 0 Å². The Balaban J connectivity index is 1.52. The van der Waals surface area contributed by atoms with E-state index in [2.05, 4.69) is 25.3 Å². The van der Waals surface area contributed by atoms with Gasteiger partial charge in [-0.15, -0.1) is 10.2 Å². The van der Waals surface area contributed by atoms with Crippen molar-refractivity contribution in [3.05, 3.63) is 47.2 Å². The van der Waals surface area contributed by atoms with Gasteiger partial charge < -0.3 is 10.2 Å². The Bertz CT molecular complexity index is 799. The van der Waals surface area contributed by atoms with Crippen LogP contribution >= 0.6 is 0 Å². The summed E-state index contributed by atoms with van der Waals surface area (Å²) in [5.74, 6) is 0.776. The molecule has 0 radical (unpaired) electrons. The number of hydrogen-bond acceptors (Lipinski definition) is 6. The number of carbonyl (C=O) groups is 1. The Morgan fingerprint density at radius 1 is 1.12 bits per heavy atom. The van der Waals surface area contributed by atoms with E-state index >= 15 is 0 Å². The largest absolute Gasteiger partial charge is 0.353 e. The predicted molar refractivity (Wildman–Crippen MR) is 99.9 cm³/mol. The van der Waals surface area contributed by atoms with Crippen LogP contribution in [-0.2, 0) is 4.79 Å². The molecule has 3 rings (SSSR count). The molecule has 1 aromatic heterocycles. The van der Waals surface area contributed by atoms with Crippen LogP contribution in [0, 0.1) is 25.2 Å². The second kappa shape index (κ2) is 7.93. The standard InChI is InChI=1S/C19H22N6O/c1-14-4-3-5-15(2)19(14)21-18(26)13-24-8-10-25(11-9-24)17-7-6-16(12-20)22-23-17/h3-7H,8-11,13H2,1-2H3,(H,21,26). The van der Waals surface area contributed by atoms with E-state index in [4.69, 9.17) is 5.26 Å². The van der Waals surface area contributed by atoms with E-state index < -0.39 is 0 Å². The summed E-state index contributed by atoms with van der Waals surface area (Å²) in [6.45, 7) is 7.49. The molecule has 1 amide bonds. The predicted octanol–water partition coefficient (Wildman–Crippen LogP) is 1.73. The van der Waals surface area contributed by atoms with Gasteiger partial charge in [0.15, 0.2) is 11.5 Å². The number of nitriles is 1. The number of benzene rings is 1. The maximum absolute atomic E-state index is 12.4. The summed E-state index contributed by atoms with van der Waals surface area (Å²) in [7, 11) is 0. The molecule has 0 bridgehead atoms. The Hall–Kier alpha value is -2.98. The Kier molecular flexibility index (Phi) is 5.44. The Labute approximate surface area is 153 Å². The zero-order valence-electron chi connectivity index (χ0n) is 15.1. The number of aryl methyl sites for hydroxylation is 2. The first-order chi connectivity index (χ1) is 12.6. The maximum atomic E-state index is 12.4. The molecular weight excluding hydrogens is 328 g/mol. The first-order valence-electron chi connectivity index (χ1n) is 8.64. The molecule has 1 saturated heterocycles. The number of hydrogen-bond donors (Lipinski definition) is 1. The molecule has 0 saturated carbocycles. The van der Waals surface area contributed by atoms with Gasteiger partial charge in [-0.25, -0.2) is 0 Å². The summed E-state index contributed by atoms with van der Waals surface area (Å²) in [6.07, 6.45) is 0. The number of nitrogens with one attached hydrogen (secondary N) is 1. The van der Waals surface area contributed by atoms with Crippen molar-refractivity contribution in [2.45, 2.75) is 13.8 Å². The topological polar surface area (TPSA) is 85.2 Å². The van der Waals surface area contributed by atoms with Crippen LogP contribution in [0.15, 0.2) is 30.3 Å². The number of para-hydroxylation sites is 1. The first kappa shape index (κ1) is 17.8. The molecule has 2 aromatic rings.